The number of amides is 1. The van der Waals surface area contributed by atoms with Crippen LogP contribution in [-0.2, 0) is 9.53 Å². The summed E-state index contributed by atoms with van der Waals surface area (Å²) in [6.07, 6.45) is 1.27. The van der Waals surface area contributed by atoms with E-state index >= 15 is 0 Å². The van der Waals surface area contributed by atoms with Gasteiger partial charge in [0.05, 0.1) is 25.2 Å². The molecule has 0 atom stereocenters. The van der Waals surface area contributed by atoms with Crippen LogP contribution in [0.5, 0.6) is 11.5 Å². The second-order valence-electron chi connectivity index (χ2n) is 5.30. The van der Waals surface area contributed by atoms with Gasteiger partial charge in [-0.3, -0.25) is 9.59 Å². The molecule has 1 aliphatic rings. The van der Waals surface area contributed by atoms with Gasteiger partial charge in [0, 0.05) is 13.1 Å². The Morgan fingerprint density at radius 2 is 2.09 bits per heavy atom. The highest BCUT2D eigenvalue weighted by atomic mass is 16.5. The Hall–Kier alpha value is -2.34. The summed E-state index contributed by atoms with van der Waals surface area (Å²) in [5.74, 6) is -0.671. The number of hydrogen-bond acceptors (Lipinski definition) is 5. The first-order valence-corrected chi connectivity index (χ1v) is 7.49. The van der Waals surface area contributed by atoms with Gasteiger partial charge in [-0.25, -0.2) is 0 Å². The van der Waals surface area contributed by atoms with E-state index in [2.05, 4.69) is 6.58 Å². The fraction of sp³-hybridized carbons (Fsp3) is 0.412. The maximum atomic E-state index is 12.3. The van der Waals surface area contributed by atoms with Crippen LogP contribution < -0.4 is 4.74 Å². The van der Waals surface area contributed by atoms with E-state index in [-0.39, 0.29) is 36.0 Å². The monoisotopic (exact) mass is 319 g/mol. The van der Waals surface area contributed by atoms with Crippen molar-refractivity contribution in [1.82, 2.24) is 4.90 Å². The Bertz CT molecular complexity index is 605. The first kappa shape index (κ1) is 17.0. The van der Waals surface area contributed by atoms with Crippen LogP contribution in [0.4, 0.5) is 0 Å². The summed E-state index contributed by atoms with van der Waals surface area (Å²) in [5.41, 5.74) is 0.802. The number of benzene rings is 1. The number of carbonyl (C=O) groups is 2. The minimum Gasteiger partial charge on any atom is -0.504 e. The van der Waals surface area contributed by atoms with Crippen molar-refractivity contribution in [2.24, 2.45) is 0 Å². The fourth-order valence-electron chi connectivity index (χ4n) is 2.38. The van der Waals surface area contributed by atoms with Crippen molar-refractivity contribution in [3.8, 4) is 11.5 Å². The highest BCUT2D eigenvalue weighted by molar-refractivity contribution is 6.09. The van der Waals surface area contributed by atoms with Crippen LogP contribution in [0.15, 0.2) is 24.8 Å². The maximum Gasteiger partial charge on any atom is 0.230 e. The summed E-state index contributed by atoms with van der Waals surface area (Å²) < 4.78 is 10.6. The molecule has 1 fully saturated rings. The zero-order valence-corrected chi connectivity index (χ0v) is 13.2. The standard InChI is InChI=1S/C17H21NO5/c1-3-8-23-17-12(2)4-5-13(16(17)21)14(19)11-15(20)18-6-9-22-10-7-18/h3-5,21H,1,6-11H2,2H3. The quantitative estimate of drug-likeness (QED) is 0.491. The van der Waals surface area contributed by atoms with E-state index in [1.807, 2.05) is 0 Å². The van der Waals surface area contributed by atoms with E-state index in [1.54, 1.807) is 24.0 Å². The van der Waals surface area contributed by atoms with Crippen molar-refractivity contribution in [2.45, 2.75) is 13.3 Å². The molecule has 0 aromatic heterocycles. The molecule has 0 unspecified atom stereocenters. The molecule has 0 spiro atoms. The van der Waals surface area contributed by atoms with Crippen molar-refractivity contribution in [3.05, 3.63) is 35.9 Å². The molecule has 1 aromatic rings. The van der Waals surface area contributed by atoms with E-state index in [4.69, 9.17) is 9.47 Å². The van der Waals surface area contributed by atoms with E-state index in [0.29, 0.717) is 31.9 Å². The Labute approximate surface area is 135 Å². The molecule has 0 saturated carbocycles. The predicted octanol–water partition coefficient (Wildman–Crippen LogP) is 1.70. The number of nitrogens with zero attached hydrogens (tertiary/aromatic N) is 1. The zero-order valence-electron chi connectivity index (χ0n) is 13.2. The van der Waals surface area contributed by atoms with E-state index in [9.17, 15) is 14.7 Å². The van der Waals surface area contributed by atoms with Gasteiger partial charge in [-0.2, -0.15) is 0 Å². The van der Waals surface area contributed by atoms with Crippen molar-refractivity contribution in [2.75, 3.05) is 32.9 Å². The zero-order chi connectivity index (χ0) is 16.8. The molecule has 1 aromatic carbocycles. The van der Waals surface area contributed by atoms with Gasteiger partial charge in [-0.1, -0.05) is 18.7 Å². The lowest BCUT2D eigenvalue weighted by atomic mass is 10.0. The highest BCUT2D eigenvalue weighted by Gasteiger charge is 2.23. The second kappa shape index (κ2) is 7.78. The lowest BCUT2D eigenvalue weighted by Crippen LogP contribution is -2.41. The molecule has 1 saturated heterocycles. The number of carbonyl (C=O) groups excluding carboxylic acids is 2. The molecule has 2 rings (SSSR count). The summed E-state index contributed by atoms with van der Waals surface area (Å²) in [6.45, 7) is 7.47. The number of hydrogen-bond donors (Lipinski definition) is 1. The summed E-state index contributed by atoms with van der Waals surface area (Å²) in [5, 5.41) is 10.3. The van der Waals surface area contributed by atoms with Crippen molar-refractivity contribution >= 4 is 11.7 Å². The first-order chi connectivity index (χ1) is 11.0. The molecule has 1 aliphatic heterocycles. The minimum absolute atomic E-state index is 0.0938. The SMILES string of the molecule is C=CCOc1c(C)ccc(C(=O)CC(=O)N2CCOCC2)c1O. The van der Waals surface area contributed by atoms with Crippen molar-refractivity contribution in [1.29, 1.82) is 0 Å². The maximum absolute atomic E-state index is 12.3. The predicted molar refractivity (Wildman–Crippen MR) is 84.9 cm³/mol. The average molecular weight is 319 g/mol. The Kier molecular flexibility index (Phi) is 5.76. The average Bonchev–Trinajstić information content (AvgIpc) is 2.55. The largest absolute Gasteiger partial charge is 0.504 e. The van der Waals surface area contributed by atoms with Gasteiger partial charge in [0.1, 0.15) is 6.61 Å². The number of Topliss-reactive ketones (excluding diaryl/α,β-unsaturated/α-hetero) is 1. The number of morpholine rings is 1. The molecule has 0 radical (unpaired) electrons. The third-order valence-corrected chi connectivity index (χ3v) is 3.65. The van der Waals surface area contributed by atoms with Crippen LogP contribution in [0.1, 0.15) is 22.3 Å². The molecule has 0 bridgehead atoms. The molecular formula is C17H21NO5. The van der Waals surface area contributed by atoms with Crippen LogP contribution in [0.25, 0.3) is 0 Å². The summed E-state index contributed by atoms with van der Waals surface area (Å²) in [7, 11) is 0. The molecule has 124 valence electrons. The van der Waals surface area contributed by atoms with Crippen LogP contribution >= 0.6 is 0 Å². The number of ketones is 1. The van der Waals surface area contributed by atoms with E-state index in [0.717, 1.165) is 0 Å². The van der Waals surface area contributed by atoms with Gasteiger partial charge in [0.2, 0.25) is 5.91 Å². The Balaban J connectivity index is 2.12. The third-order valence-electron chi connectivity index (χ3n) is 3.65. The number of rotatable bonds is 6. The van der Waals surface area contributed by atoms with Crippen molar-refractivity contribution < 1.29 is 24.2 Å². The molecule has 23 heavy (non-hydrogen) atoms. The lowest BCUT2D eigenvalue weighted by molar-refractivity contribution is -0.134. The fourth-order valence-corrected chi connectivity index (χ4v) is 2.38. The van der Waals surface area contributed by atoms with Crippen LogP contribution in [0.2, 0.25) is 0 Å². The molecule has 1 amide bonds. The molecule has 6 heteroatoms. The first-order valence-electron chi connectivity index (χ1n) is 7.49. The number of aryl methyl sites for hydroxylation is 1. The number of aromatic hydroxyl groups is 1. The molecule has 0 aliphatic carbocycles. The van der Waals surface area contributed by atoms with Gasteiger partial charge in [-0.05, 0) is 18.6 Å². The smallest absolute Gasteiger partial charge is 0.230 e. The van der Waals surface area contributed by atoms with Gasteiger partial charge in [0.15, 0.2) is 17.3 Å². The van der Waals surface area contributed by atoms with Gasteiger partial charge in [-0.15, -0.1) is 0 Å². The Morgan fingerprint density at radius 3 is 2.74 bits per heavy atom. The van der Waals surface area contributed by atoms with Crippen LogP contribution in [-0.4, -0.2) is 54.6 Å². The minimum atomic E-state index is -0.428. The summed E-state index contributed by atoms with van der Waals surface area (Å²) in [4.78, 5) is 26.1. The topological polar surface area (TPSA) is 76.1 Å². The summed E-state index contributed by atoms with van der Waals surface area (Å²) in [6, 6.07) is 3.20. The lowest BCUT2D eigenvalue weighted by Gasteiger charge is -2.26. The van der Waals surface area contributed by atoms with Crippen molar-refractivity contribution in [3.63, 3.8) is 0 Å². The normalized spacial score (nSPS) is 14.4. The van der Waals surface area contributed by atoms with Gasteiger partial charge >= 0.3 is 0 Å². The van der Waals surface area contributed by atoms with Crippen LogP contribution in [0.3, 0.4) is 0 Å². The van der Waals surface area contributed by atoms with Crippen LogP contribution in [0, 0.1) is 6.92 Å². The second-order valence-corrected chi connectivity index (χ2v) is 5.30. The van der Waals surface area contributed by atoms with E-state index in [1.165, 1.54) is 6.07 Å². The molecule has 1 heterocycles. The number of phenolic OH excluding ortho intramolecular Hbond substituents is 1. The van der Waals surface area contributed by atoms with Gasteiger partial charge < -0.3 is 19.5 Å². The number of ether oxygens (including phenoxy) is 2. The highest BCUT2D eigenvalue weighted by Crippen LogP contribution is 2.34. The molecular weight excluding hydrogens is 298 g/mol. The Morgan fingerprint density at radius 1 is 1.39 bits per heavy atom. The molecule has 1 N–H and O–H groups in total. The third kappa shape index (κ3) is 4.10. The summed E-state index contributed by atoms with van der Waals surface area (Å²) >= 11 is 0. The van der Waals surface area contributed by atoms with E-state index < -0.39 is 5.78 Å². The number of phenols is 1. The van der Waals surface area contributed by atoms with Gasteiger partial charge in [0.25, 0.3) is 0 Å². The molecule has 6 nitrogen and oxygen atoms in total.